The van der Waals surface area contributed by atoms with E-state index in [4.69, 9.17) is 0 Å². The maximum atomic E-state index is 11.9. The fourth-order valence-corrected chi connectivity index (χ4v) is 2.38. The Hall–Kier alpha value is -1.75. The van der Waals surface area contributed by atoms with Crippen LogP contribution in [0.1, 0.15) is 23.9 Å². The van der Waals surface area contributed by atoms with E-state index in [2.05, 4.69) is 16.5 Å². The van der Waals surface area contributed by atoms with E-state index in [-0.39, 0.29) is 11.2 Å². The SMILES string of the molecule is CS[C@H](C)C(=O)Nc1cccc(Cn2nc(C)cc2C)c1. The highest BCUT2D eigenvalue weighted by Gasteiger charge is 2.11. The van der Waals surface area contributed by atoms with Crippen LogP contribution in [0.15, 0.2) is 30.3 Å². The summed E-state index contributed by atoms with van der Waals surface area (Å²) >= 11 is 1.54. The molecule has 0 bridgehead atoms. The molecule has 2 aromatic rings. The third kappa shape index (κ3) is 4.11. The van der Waals surface area contributed by atoms with Crippen LogP contribution in [0.3, 0.4) is 0 Å². The minimum atomic E-state index is -0.0512. The van der Waals surface area contributed by atoms with Crippen molar-refractivity contribution in [2.24, 2.45) is 0 Å². The van der Waals surface area contributed by atoms with Crippen LogP contribution in [0, 0.1) is 13.8 Å². The lowest BCUT2D eigenvalue weighted by Gasteiger charge is -2.11. The molecule has 1 aromatic heterocycles. The molecule has 0 spiro atoms. The van der Waals surface area contributed by atoms with Gasteiger partial charge in [-0.15, -0.1) is 0 Å². The fourth-order valence-electron chi connectivity index (χ4n) is 2.11. The van der Waals surface area contributed by atoms with Crippen LogP contribution in [0.5, 0.6) is 0 Å². The van der Waals surface area contributed by atoms with Crippen LogP contribution in [0.25, 0.3) is 0 Å². The summed E-state index contributed by atoms with van der Waals surface area (Å²) in [5.41, 5.74) is 4.11. The normalized spacial score (nSPS) is 12.2. The predicted molar refractivity (Wildman–Crippen MR) is 88.9 cm³/mol. The van der Waals surface area contributed by atoms with Gasteiger partial charge in [0.05, 0.1) is 17.5 Å². The number of carbonyl (C=O) groups is 1. The van der Waals surface area contributed by atoms with Gasteiger partial charge in [-0.25, -0.2) is 0 Å². The Kier molecular flexibility index (Phi) is 5.07. The fraction of sp³-hybridized carbons (Fsp3) is 0.375. The van der Waals surface area contributed by atoms with Gasteiger partial charge in [-0.2, -0.15) is 16.9 Å². The zero-order valence-corrected chi connectivity index (χ0v) is 13.7. The van der Waals surface area contributed by atoms with Gasteiger partial charge < -0.3 is 5.32 Å². The van der Waals surface area contributed by atoms with E-state index < -0.39 is 0 Å². The number of nitrogens with zero attached hydrogens (tertiary/aromatic N) is 2. The van der Waals surface area contributed by atoms with E-state index in [1.54, 1.807) is 0 Å². The Morgan fingerprint density at radius 2 is 2.14 bits per heavy atom. The number of rotatable bonds is 5. The summed E-state index contributed by atoms with van der Waals surface area (Å²) in [6.45, 7) is 6.65. The first-order chi connectivity index (χ1) is 9.99. The van der Waals surface area contributed by atoms with Gasteiger partial charge in [0.2, 0.25) is 5.91 Å². The van der Waals surface area contributed by atoms with Crippen LogP contribution in [-0.4, -0.2) is 27.2 Å². The number of hydrogen-bond donors (Lipinski definition) is 1. The molecule has 0 unspecified atom stereocenters. The molecule has 1 aromatic carbocycles. The second-order valence-electron chi connectivity index (χ2n) is 5.15. The number of anilines is 1. The molecule has 0 saturated heterocycles. The van der Waals surface area contributed by atoms with E-state index in [1.807, 2.05) is 56.0 Å². The molecule has 0 aliphatic rings. The standard InChI is InChI=1S/C16H21N3OS/c1-11-8-12(2)19(18-11)10-14-6-5-7-15(9-14)17-16(20)13(3)21-4/h5-9,13H,10H2,1-4H3,(H,17,20)/t13-/m1/s1. The highest BCUT2D eigenvalue weighted by molar-refractivity contribution is 7.99. The van der Waals surface area contributed by atoms with Crippen molar-refractivity contribution in [1.29, 1.82) is 0 Å². The van der Waals surface area contributed by atoms with Crippen LogP contribution in [0.4, 0.5) is 5.69 Å². The van der Waals surface area contributed by atoms with E-state index in [9.17, 15) is 4.79 Å². The van der Waals surface area contributed by atoms with Gasteiger partial charge in [0.25, 0.3) is 0 Å². The molecule has 0 fully saturated rings. The van der Waals surface area contributed by atoms with Gasteiger partial charge in [0.1, 0.15) is 0 Å². The Bertz CT molecular complexity index is 636. The molecule has 0 aliphatic carbocycles. The van der Waals surface area contributed by atoms with Crippen molar-refractivity contribution in [1.82, 2.24) is 9.78 Å². The smallest absolute Gasteiger partial charge is 0.237 e. The summed E-state index contributed by atoms with van der Waals surface area (Å²) in [5.74, 6) is 0.0331. The summed E-state index contributed by atoms with van der Waals surface area (Å²) in [4.78, 5) is 11.9. The molecule has 0 saturated carbocycles. The van der Waals surface area contributed by atoms with Crippen molar-refractivity contribution < 1.29 is 4.79 Å². The van der Waals surface area contributed by atoms with Gasteiger partial charge in [-0.1, -0.05) is 12.1 Å². The molecule has 2 rings (SSSR count). The van der Waals surface area contributed by atoms with Crippen molar-refractivity contribution in [2.75, 3.05) is 11.6 Å². The number of hydrogen-bond acceptors (Lipinski definition) is 3. The molecule has 5 heteroatoms. The highest BCUT2D eigenvalue weighted by Crippen LogP contribution is 2.15. The van der Waals surface area contributed by atoms with E-state index in [1.165, 1.54) is 11.8 Å². The first-order valence-corrected chi connectivity index (χ1v) is 8.22. The third-order valence-electron chi connectivity index (χ3n) is 3.35. The lowest BCUT2D eigenvalue weighted by molar-refractivity contribution is -0.115. The number of carbonyl (C=O) groups excluding carboxylic acids is 1. The molecule has 1 heterocycles. The first-order valence-electron chi connectivity index (χ1n) is 6.93. The number of aryl methyl sites for hydroxylation is 2. The Morgan fingerprint density at radius 1 is 1.38 bits per heavy atom. The largest absolute Gasteiger partial charge is 0.325 e. The average Bonchev–Trinajstić information content (AvgIpc) is 2.76. The number of nitrogens with one attached hydrogen (secondary N) is 1. The molecule has 4 nitrogen and oxygen atoms in total. The lowest BCUT2D eigenvalue weighted by atomic mass is 10.2. The first kappa shape index (κ1) is 15.6. The zero-order valence-electron chi connectivity index (χ0n) is 12.9. The van der Waals surface area contributed by atoms with Crippen molar-refractivity contribution in [3.63, 3.8) is 0 Å². The molecule has 21 heavy (non-hydrogen) atoms. The number of benzene rings is 1. The summed E-state index contributed by atoms with van der Waals surface area (Å²) in [7, 11) is 0. The Labute approximate surface area is 129 Å². The number of aromatic nitrogens is 2. The van der Waals surface area contributed by atoms with E-state index >= 15 is 0 Å². The summed E-state index contributed by atoms with van der Waals surface area (Å²) in [6.07, 6.45) is 1.93. The summed E-state index contributed by atoms with van der Waals surface area (Å²) in [6, 6.07) is 9.98. The maximum Gasteiger partial charge on any atom is 0.237 e. The molecular formula is C16H21N3OS. The Balaban J connectivity index is 2.11. The van der Waals surface area contributed by atoms with Gasteiger partial charge >= 0.3 is 0 Å². The maximum absolute atomic E-state index is 11.9. The van der Waals surface area contributed by atoms with E-state index in [0.29, 0.717) is 6.54 Å². The topological polar surface area (TPSA) is 46.9 Å². The number of amides is 1. The van der Waals surface area contributed by atoms with Crippen molar-refractivity contribution in [3.05, 3.63) is 47.3 Å². The lowest BCUT2D eigenvalue weighted by Crippen LogP contribution is -2.22. The highest BCUT2D eigenvalue weighted by atomic mass is 32.2. The molecule has 0 radical (unpaired) electrons. The van der Waals surface area contributed by atoms with Crippen LogP contribution < -0.4 is 5.32 Å². The van der Waals surface area contributed by atoms with Gasteiger partial charge in [-0.3, -0.25) is 9.48 Å². The predicted octanol–water partition coefficient (Wildman–Crippen LogP) is 3.24. The molecule has 112 valence electrons. The van der Waals surface area contributed by atoms with Gasteiger partial charge in [-0.05, 0) is 50.8 Å². The zero-order chi connectivity index (χ0) is 15.4. The van der Waals surface area contributed by atoms with Crippen LogP contribution in [-0.2, 0) is 11.3 Å². The molecular weight excluding hydrogens is 282 g/mol. The molecule has 0 aliphatic heterocycles. The summed E-state index contributed by atoms with van der Waals surface area (Å²) < 4.78 is 1.97. The second-order valence-corrected chi connectivity index (χ2v) is 6.33. The number of thioether (sulfide) groups is 1. The molecule has 1 atom stereocenters. The van der Waals surface area contributed by atoms with Crippen molar-refractivity contribution in [2.45, 2.75) is 32.6 Å². The van der Waals surface area contributed by atoms with Gasteiger partial charge in [0, 0.05) is 11.4 Å². The van der Waals surface area contributed by atoms with Crippen molar-refractivity contribution >= 4 is 23.4 Å². The summed E-state index contributed by atoms with van der Waals surface area (Å²) in [5, 5.41) is 7.36. The minimum Gasteiger partial charge on any atom is -0.325 e. The average molecular weight is 303 g/mol. The quantitative estimate of drug-likeness (QED) is 0.922. The van der Waals surface area contributed by atoms with Crippen molar-refractivity contribution in [3.8, 4) is 0 Å². The van der Waals surface area contributed by atoms with E-state index in [0.717, 1.165) is 22.6 Å². The van der Waals surface area contributed by atoms with Gasteiger partial charge in [0.15, 0.2) is 0 Å². The molecule has 1 N–H and O–H groups in total. The molecule has 1 amide bonds. The monoisotopic (exact) mass is 303 g/mol. The third-order valence-corrected chi connectivity index (χ3v) is 4.27. The van der Waals surface area contributed by atoms with Crippen LogP contribution >= 0.6 is 11.8 Å². The second kappa shape index (κ2) is 6.80. The Morgan fingerprint density at radius 3 is 2.76 bits per heavy atom. The minimum absolute atomic E-state index is 0.0331. The van der Waals surface area contributed by atoms with Crippen LogP contribution in [0.2, 0.25) is 0 Å².